The Hall–Kier alpha value is -2.95. The summed E-state index contributed by atoms with van der Waals surface area (Å²) >= 11 is 0. The van der Waals surface area contributed by atoms with Crippen molar-refractivity contribution in [3.05, 3.63) is 65.4 Å². The van der Waals surface area contributed by atoms with Crippen LogP contribution < -0.4 is 14.8 Å². The summed E-state index contributed by atoms with van der Waals surface area (Å²) in [5.74, 6) is 2.76. The molecule has 0 bridgehead atoms. The molecular formula is C20H21N3O2. The van der Waals surface area contributed by atoms with Gasteiger partial charge in [0.1, 0.15) is 23.0 Å². The van der Waals surface area contributed by atoms with E-state index in [1.54, 1.807) is 14.2 Å². The number of fused-ring (bicyclic) bond motifs is 1. The molecule has 0 spiro atoms. The second kappa shape index (κ2) is 6.51. The summed E-state index contributed by atoms with van der Waals surface area (Å²) in [5, 5.41) is 8.36. The minimum atomic E-state index is 0.781. The van der Waals surface area contributed by atoms with E-state index in [2.05, 4.69) is 17.4 Å². The number of para-hydroxylation sites is 2. The van der Waals surface area contributed by atoms with Crippen LogP contribution in [0.5, 0.6) is 11.5 Å². The van der Waals surface area contributed by atoms with Crippen LogP contribution >= 0.6 is 0 Å². The van der Waals surface area contributed by atoms with E-state index in [0.717, 1.165) is 48.1 Å². The summed E-state index contributed by atoms with van der Waals surface area (Å²) in [5.41, 5.74) is 4.53. The molecule has 2 heterocycles. The third-order valence-electron chi connectivity index (χ3n) is 4.55. The summed E-state index contributed by atoms with van der Waals surface area (Å²) in [6.07, 6.45) is 1.77. The molecule has 128 valence electrons. The average molecular weight is 335 g/mol. The van der Waals surface area contributed by atoms with Crippen molar-refractivity contribution in [1.29, 1.82) is 0 Å². The number of hydrogen-bond donors (Lipinski definition) is 1. The molecule has 2 aromatic carbocycles. The Balaban J connectivity index is 1.75. The number of nitrogens with one attached hydrogen (secondary N) is 1. The van der Waals surface area contributed by atoms with Gasteiger partial charge in [-0.15, -0.1) is 0 Å². The van der Waals surface area contributed by atoms with Crippen LogP contribution in [0.4, 0.5) is 5.82 Å². The van der Waals surface area contributed by atoms with Crippen molar-refractivity contribution in [3.8, 4) is 17.2 Å². The Bertz CT molecular complexity index is 902. The number of aromatic nitrogens is 2. The van der Waals surface area contributed by atoms with Crippen molar-refractivity contribution < 1.29 is 9.47 Å². The van der Waals surface area contributed by atoms with Crippen LogP contribution in [0.1, 0.15) is 16.8 Å². The zero-order valence-corrected chi connectivity index (χ0v) is 14.5. The number of ether oxygens (including phenoxy) is 2. The highest BCUT2D eigenvalue weighted by molar-refractivity contribution is 5.60. The van der Waals surface area contributed by atoms with Gasteiger partial charge >= 0.3 is 0 Å². The lowest BCUT2D eigenvalue weighted by molar-refractivity contribution is 0.412. The Morgan fingerprint density at radius 1 is 1.08 bits per heavy atom. The third kappa shape index (κ3) is 2.82. The van der Waals surface area contributed by atoms with Gasteiger partial charge in [0.05, 0.1) is 19.9 Å². The van der Waals surface area contributed by atoms with Crippen molar-refractivity contribution >= 4 is 5.82 Å². The van der Waals surface area contributed by atoms with E-state index in [0.29, 0.717) is 0 Å². The molecule has 0 radical (unpaired) electrons. The predicted octanol–water partition coefficient (Wildman–Crippen LogP) is 3.45. The molecule has 1 aliphatic rings. The van der Waals surface area contributed by atoms with Gasteiger partial charge in [-0.3, -0.25) is 0 Å². The number of nitrogens with zero attached hydrogens (tertiary/aromatic N) is 2. The molecule has 0 fully saturated rings. The van der Waals surface area contributed by atoms with Crippen LogP contribution in [0.3, 0.4) is 0 Å². The van der Waals surface area contributed by atoms with Gasteiger partial charge in [0.2, 0.25) is 0 Å². The smallest absolute Gasteiger partial charge is 0.144 e. The van der Waals surface area contributed by atoms with Crippen LogP contribution in [0.2, 0.25) is 0 Å². The Morgan fingerprint density at radius 2 is 1.96 bits per heavy atom. The van der Waals surface area contributed by atoms with Crippen molar-refractivity contribution in [2.45, 2.75) is 12.8 Å². The van der Waals surface area contributed by atoms with Gasteiger partial charge in [-0.2, -0.15) is 5.10 Å². The maximum Gasteiger partial charge on any atom is 0.144 e. The molecule has 0 saturated carbocycles. The van der Waals surface area contributed by atoms with Gasteiger partial charge in [-0.05, 0) is 36.2 Å². The van der Waals surface area contributed by atoms with E-state index in [1.165, 1.54) is 11.1 Å². The first-order valence-electron chi connectivity index (χ1n) is 8.41. The first-order chi connectivity index (χ1) is 12.3. The highest BCUT2D eigenvalue weighted by atomic mass is 16.5. The maximum atomic E-state index is 5.51. The summed E-state index contributed by atoms with van der Waals surface area (Å²) in [6.45, 7) is 0.938. The molecule has 0 amide bonds. The highest BCUT2D eigenvalue weighted by Crippen LogP contribution is 2.33. The summed E-state index contributed by atoms with van der Waals surface area (Å²) in [6, 6.07) is 16.1. The standard InChI is InChI=1S/C20H21N3O2/c1-24-15-7-5-6-14(12-15)13-17-16-10-11-21-20(16)23(22-17)18-8-3-4-9-19(18)25-2/h3-9,12,21H,10-11,13H2,1-2H3. The fourth-order valence-corrected chi connectivity index (χ4v) is 3.34. The molecule has 3 aromatic rings. The van der Waals surface area contributed by atoms with Crippen molar-refractivity contribution in [1.82, 2.24) is 9.78 Å². The number of hydrogen-bond acceptors (Lipinski definition) is 4. The fraction of sp³-hybridized carbons (Fsp3) is 0.250. The first kappa shape index (κ1) is 15.6. The number of anilines is 1. The molecule has 4 rings (SSSR count). The topological polar surface area (TPSA) is 48.3 Å². The van der Waals surface area contributed by atoms with Gasteiger partial charge in [-0.25, -0.2) is 4.68 Å². The summed E-state index contributed by atoms with van der Waals surface area (Å²) in [4.78, 5) is 0. The van der Waals surface area contributed by atoms with Gasteiger partial charge in [-0.1, -0.05) is 24.3 Å². The average Bonchev–Trinajstić information content (AvgIpc) is 3.26. The summed E-state index contributed by atoms with van der Waals surface area (Å²) in [7, 11) is 3.38. The van der Waals surface area contributed by atoms with E-state index in [1.807, 2.05) is 41.1 Å². The summed E-state index contributed by atoms with van der Waals surface area (Å²) < 4.78 is 12.8. The lowest BCUT2D eigenvalue weighted by Crippen LogP contribution is -2.06. The molecule has 5 nitrogen and oxygen atoms in total. The predicted molar refractivity (Wildman–Crippen MR) is 98.1 cm³/mol. The first-order valence-corrected chi connectivity index (χ1v) is 8.41. The zero-order chi connectivity index (χ0) is 17.2. The number of benzene rings is 2. The molecule has 25 heavy (non-hydrogen) atoms. The quantitative estimate of drug-likeness (QED) is 0.776. The largest absolute Gasteiger partial charge is 0.497 e. The number of rotatable bonds is 5. The normalized spacial score (nSPS) is 12.6. The Kier molecular flexibility index (Phi) is 4.06. The van der Waals surface area contributed by atoms with E-state index in [9.17, 15) is 0 Å². The Labute approximate surface area is 147 Å². The van der Waals surface area contributed by atoms with Crippen molar-refractivity contribution in [2.75, 3.05) is 26.1 Å². The molecule has 0 atom stereocenters. The number of methoxy groups -OCH3 is 2. The molecule has 1 aliphatic heterocycles. The molecule has 0 unspecified atom stereocenters. The van der Waals surface area contributed by atoms with Gasteiger partial charge < -0.3 is 14.8 Å². The minimum Gasteiger partial charge on any atom is -0.497 e. The van der Waals surface area contributed by atoms with Crippen LogP contribution in [-0.2, 0) is 12.8 Å². The fourth-order valence-electron chi connectivity index (χ4n) is 3.34. The lowest BCUT2D eigenvalue weighted by Gasteiger charge is -2.10. The minimum absolute atomic E-state index is 0.781. The van der Waals surface area contributed by atoms with E-state index < -0.39 is 0 Å². The maximum absolute atomic E-state index is 5.51. The SMILES string of the molecule is COc1cccc(Cc2nn(-c3ccccc3OC)c3c2CCN3)c1. The highest BCUT2D eigenvalue weighted by Gasteiger charge is 2.24. The molecule has 0 aliphatic carbocycles. The third-order valence-corrected chi connectivity index (χ3v) is 4.55. The van der Waals surface area contributed by atoms with E-state index in [4.69, 9.17) is 14.6 Å². The van der Waals surface area contributed by atoms with Crippen molar-refractivity contribution in [2.24, 2.45) is 0 Å². The molecule has 1 aromatic heterocycles. The second-order valence-electron chi connectivity index (χ2n) is 6.06. The van der Waals surface area contributed by atoms with Crippen LogP contribution in [0.25, 0.3) is 5.69 Å². The van der Waals surface area contributed by atoms with Crippen LogP contribution in [-0.4, -0.2) is 30.5 Å². The van der Waals surface area contributed by atoms with Crippen molar-refractivity contribution in [3.63, 3.8) is 0 Å². The van der Waals surface area contributed by atoms with Crippen LogP contribution in [0.15, 0.2) is 48.5 Å². The van der Waals surface area contributed by atoms with Gasteiger partial charge in [0.15, 0.2) is 0 Å². The second-order valence-corrected chi connectivity index (χ2v) is 6.06. The monoisotopic (exact) mass is 335 g/mol. The molecular weight excluding hydrogens is 314 g/mol. The van der Waals surface area contributed by atoms with E-state index >= 15 is 0 Å². The molecule has 5 heteroatoms. The molecule has 0 saturated heterocycles. The zero-order valence-electron chi connectivity index (χ0n) is 14.5. The van der Waals surface area contributed by atoms with E-state index in [-0.39, 0.29) is 0 Å². The van der Waals surface area contributed by atoms with Gasteiger partial charge in [0.25, 0.3) is 0 Å². The van der Waals surface area contributed by atoms with Gasteiger partial charge in [0, 0.05) is 18.5 Å². The lowest BCUT2D eigenvalue weighted by atomic mass is 10.1. The van der Waals surface area contributed by atoms with Crippen LogP contribution in [0, 0.1) is 0 Å². The Morgan fingerprint density at radius 3 is 2.80 bits per heavy atom. The molecule has 1 N–H and O–H groups in total.